The van der Waals surface area contributed by atoms with E-state index in [0.29, 0.717) is 5.76 Å². The number of rotatable bonds is 4. The van der Waals surface area contributed by atoms with Crippen molar-refractivity contribution in [1.29, 1.82) is 0 Å². The first kappa shape index (κ1) is 11.4. The zero-order chi connectivity index (χ0) is 10.6. The average molecular weight is 194 g/mol. The normalized spacial score (nSPS) is 19.1. The van der Waals surface area contributed by atoms with Gasteiger partial charge in [-0.15, -0.1) is 0 Å². The van der Waals surface area contributed by atoms with Crippen LogP contribution < -0.4 is 0 Å². The summed E-state index contributed by atoms with van der Waals surface area (Å²) in [6.45, 7) is 6.81. The van der Waals surface area contributed by atoms with Crippen molar-refractivity contribution in [3.8, 4) is 0 Å². The fourth-order valence-electron chi connectivity index (χ4n) is 2.13. The summed E-state index contributed by atoms with van der Waals surface area (Å²) in [4.78, 5) is 0. The highest BCUT2D eigenvalue weighted by Crippen LogP contribution is 2.29. The summed E-state index contributed by atoms with van der Waals surface area (Å²) in [7, 11) is 0. The van der Waals surface area contributed by atoms with E-state index in [4.69, 9.17) is 0 Å². The summed E-state index contributed by atoms with van der Waals surface area (Å²) >= 11 is 0. The van der Waals surface area contributed by atoms with Crippen LogP contribution in [0, 0.1) is 11.8 Å². The molecule has 0 aliphatic heterocycles. The van der Waals surface area contributed by atoms with Crippen molar-refractivity contribution >= 4 is 0 Å². The van der Waals surface area contributed by atoms with Crippen LogP contribution in [0.5, 0.6) is 0 Å². The van der Waals surface area contributed by atoms with Crippen LogP contribution in [-0.2, 0) is 0 Å². The molecule has 1 heteroatoms. The molecule has 1 unspecified atom stereocenters. The zero-order valence-electron chi connectivity index (χ0n) is 9.59. The van der Waals surface area contributed by atoms with Crippen LogP contribution in [0.25, 0.3) is 0 Å². The number of aliphatic hydroxyl groups excluding tert-OH is 1. The number of hydrogen-bond acceptors (Lipinski definition) is 1. The van der Waals surface area contributed by atoms with E-state index < -0.39 is 0 Å². The van der Waals surface area contributed by atoms with Crippen molar-refractivity contribution in [2.24, 2.45) is 11.8 Å². The van der Waals surface area contributed by atoms with Crippen molar-refractivity contribution in [3.05, 3.63) is 23.5 Å². The number of allylic oxidation sites excluding steroid dienone is 4. The zero-order valence-corrected chi connectivity index (χ0v) is 9.59. The molecule has 0 fully saturated rings. The Morgan fingerprint density at radius 1 is 1.29 bits per heavy atom. The minimum absolute atomic E-state index is 0.535. The van der Waals surface area contributed by atoms with Crippen LogP contribution in [0.4, 0.5) is 0 Å². The molecule has 0 aromatic heterocycles. The molecule has 0 spiro atoms. The average Bonchev–Trinajstić information content (AvgIpc) is 2.15. The Bertz CT molecular complexity index is 236. The van der Waals surface area contributed by atoms with Gasteiger partial charge in [0, 0.05) is 6.42 Å². The highest BCUT2D eigenvalue weighted by atomic mass is 16.3. The predicted molar refractivity (Wildman–Crippen MR) is 61.3 cm³/mol. The first-order valence-corrected chi connectivity index (χ1v) is 5.72. The molecule has 1 rings (SSSR count). The van der Waals surface area contributed by atoms with Gasteiger partial charge in [0.2, 0.25) is 0 Å². The maximum Gasteiger partial charge on any atom is 0.0925 e. The highest BCUT2D eigenvalue weighted by Gasteiger charge is 2.15. The van der Waals surface area contributed by atoms with Gasteiger partial charge < -0.3 is 5.11 Å². The van der Waals surface area contributed by atoms with E-state index in [0.717, 1.165) is 24.7 Å². The molecule has 14 heavy (non-hydrogen) atoms. The molecule has 1 N–H and O–H groups in total. The first-order chi connectivity index (χ1) is 6.63. The largest absolute Gasteiger partial charge is 0.512 e. The Morgan fingerprint density at radius 3 is 2.43 bits per heavy atom. The summed E-state index contributed by atoms with van der Waals surface area (Å²) in [5.41, 5.74) is 1.53. The van der Waals surface area contributed by atoms with Gasteiger partial charge in [-0.05, 0) is 37.2 Å². The van der Waals surface area contributed by atoms with E-state index >= 15 is 0 Å². The van der Waals surface area contributed by atoms with Gasteiger partial charge in [0.05, 0.1) is 5.76 Å². The van der Waals surface area contributed by atoms with E-state index in [1.165, 1.54) is 18.4 Å². The maximum atomic E-state index is 9.28. The Hall–Kier alpha value is -0.720. The second-order valence-corrected chi connectivity index (χ2v) is 4.63. The Balaban J connectivity index is 2.61. The molecule has 0 amide bonds. The monoisotopic (exact) mass is 194 g/mol. The lowest BCUT2D eigenvalue weighted by Crippen LogP contribution is -2.09. The van der Waals surface area contributed by atoms with E-state index in [1.807, 2.05) is 6.08 Å². The number of hydrogen-bond donors (Lipinski definition) is 1. The van der Waals surface area contributed by atoms with Gasteiger partial charge in [0.25, 0.3) is 0 Å². The van der Waals surface area contributed by atoms with Crippen LogP contribution in [0.2, 0.25) is 0 Å². The van der Waals surface area contributed by atoms with E-state index in [-0.39, 0.29) is 0 Å². The van der Waals surface area contributed by atoms with Gasteiger partial charge in [0.1, 0.15) is 0 Å². The molecule has 1 atom stereocenters. The fraction of sp³-hybridized carbons (Fsp3) is 0.692. The van der Waals surface area contributed by atoms with Gasteiger partial charge in [-0.3, -0.25) is 0 Å². The molecular weight excluding hydrogens is 172 g/mol. The Morgan fingerprint density at radius 2 is 2.00 bits per heavy atom. The Kier molecular flexibility index (Phi) is 4.24. The van der Waals surface area contributed by atoms with Crippen LogP contribution in [0.1, 0.15) is 46.5 Å². The van der Waals surface area contributed by atoms with Gasteiger partial charge in [-0.25, -0.2) is 0 Å². The summed E-state index contributed by atoms with van der Waals surface area (Å²) in [6.07, 6.45) is 8.36. The van der Waals surface area contributed by atoms with Crippen molar-refractivity contribution in [3.63, 3.8) is 0 Å². The SMILES string of the molecule is CCC(CC(C)C)C1=CC=C(O)CC1. The summed E-state index contributed by atoms with van der Waals surface area (Å²) in [5, 5.41) is 9.28. The number of aliphatic hydroxyl groups is 1. The lowest BCUT2D eigenvalue weighted by atomic mass is 9.84. The molecule has 80 valence electrons. The summed E-state index contributed by atoms with van der Waals surface area (Å²) in [5.74, 6) is 2.02. The molecule has 0 bridgehead atoms. The second kappa shape index (κ2) is 5.23. The third-order valence-electron chi connectivity index (χ3n) is 2.93. The highest BCUT2D eigenvalue weighted by molar-refractivity contribution is 5.22. The maximum absolute atomic E-state index is 9.28. The molecule has 0 heterocycles. The second-order valence-electron chi connectivity index (χ2n) is 4.63. The fourth-order valence-corrected chi connectivity index (χ4v) is 2.13. The van der Waals surface area contributed by atoms with E-state index in [1.54, 1.807) is 0 Å². The predicted octanol–water partition coefficient (Wildman–Crippen LogP) is 4.22. The quantitative estimate of drug-likeness (QED) is 0.710. The third-order valence-corrected chi connectivity index (χ3v) is 2.93. The molecule has 0 saturated carbocycles. The van der Waals surface area contributed by atoms with Gasteiger partial charge in [-0.2, -0.15) is 0 Å². The van der Waals surface area contributed by atoms with Crippen LogP contribution in [-0.4, -0.2) is 5.11 Å². The molecular formula is C13H22O. The van der Waals surface area contributed by atoms with Crippen molar-refractivity contribution in [2.45, 2.75) is 46.5 Å². The summed E-state index contributed by atoms with van der Waals surface area (Å²) < 4.78 is 0. The van der Waals surface area contributed by atoms with Crippen molar-refractivity contribution < 1.29 is 5.11 Å². The molecule has 0 saturated heterocycles. The first-order valence-electron chi connectivity index (χ1n) is 5.72. The smallest absolute Gasteiger partial charge is 0.0925 e. The van der Waals surface area contributed by atoms with Gasteiger partial charge in [-0.1, -0.05) is 32.4 Å². The van der Waals surface area contributed by atoms with Gasteiger partial charge in [0.15, 0.2) is 0 Å². The topological polar surface area (TPSA) is 20.2 Å². The standard InChI is InChI=1S/C13H22O/c1-4-11(9-10(2)3)12-5-7-13(14)8-6-12/h5,7,10-11,14H,4,6,8-9H2,1-3H3. The lowest BCUT2D eigenvalue weighted by Gasteiger charge is -2.22. The van der Waals surface area contributed by atoms with Crippen LogP contribution >= 0.6 is 0 Å². The molecule has 1 aliphatic carbocycles. The molecule has 1 nitrogen and oxygen atoms in total. The minimum Gasteiger partial charge on any atom is -0.512 e. The molecule has 0 aromatic rings. The van der Waals surface area contributed by atoms with Crippen molar-refractivity contribution in [2.75, 3.05) is 0 Å². The van der Waals surface area contributed by atoms with Crippen molar-refractivity contribution in [1.82, 2.24) is 0 Å². The molecule has 0 radical (unpaired) electrons. The molecule has 0 aromatic carbocycles. The molecule has 1 aliphatic rings. The van der Waals surface area contributed by atoms with Crippen LogP contribution in [0.3, 0.4) is 0 Å². The Labute approximate surface area is 87.5 Å². The van der Waals surface area contributed by atoms with E-state index in [2.05, 4.69) is 26.8 Å². The van der Waals surface area contributed by atoms with E-state index in [9.17, 15) is 5.11 Å². The van der Waals surface area contributed by atoms with Crippen LogP contribution in [0.15, 0.2) is 23.5 Å². The van der Waals surface area contributed by atoms with Gasteiger partial charge >= 0.3 is 0 Å². The third kappa shape index (κ3) is 3.21. The minimum atomic E-state index is 0.535. The summed E-state index contributed by atoms with van der Waals surface area (Å²) in [6, 6.07) is 0. The lowest BCUT2D eigenvalue weighted by molar-refractivity contribution is 0.374.